The summed E-state index contributed by atoms with van der Waals surface area (Å²) in [6.07, 6.45) is 2.09. The number of imide groups is 2. The van der Waals surface area contributed by atoms with Crippen LogP contribution < -0.4 is 16.0 Å². The molecule has 4 amide bonds. The molecular weight excluding hydrogens is 360 g/mol. The Kier molecular flexibility index (Phi) is 4.45. The number of hydrogen-bond acceptors (Lipinski definition) is 6. The number of hydrogen-bond donors (Lipinski definition) is 2. The van der Waals surface area contributed by atoms with Gasteiger partial charge in [-0.1, -0.05) is 13.0 Å². The highest BCUT2D eigenvalue weighted by Gasteiger charge is 2.46. The van der Waals surface area contributed by atoms with Crippen molar-refractivity contribution in [2.24, 2.45) is 11.1 Å². The molecule has 2 saturated heterocycles. The van der Waals surface area contributed by atoms with Crippen LogP contribution in [-0.2, 0) is 9.59 Å². The number of nitrogens with zero attached hydrogens (tertiary/aromatic N) is 2. The largest absolute Gasteiger partial charge is 0.371 e. The Balaban J connectivity index is 1.64. The molecular formula is C20H24N4O4. The molecule has 0 bridgehead atoms. The SMILES string of the molecule is CC1(CN)CCN(c2cccc3c2C(=O)N(C2CCC(=O)NC2=O)C3=O)CC1. The predicted molar refractivity (Wildman–Crippen MR) is 102 cm³/mol. The van der Waals surface area contributed by atoms with Crippen molar-refractivity contribution in [1.82, 2.24) is 10.2 Å². The highest BCUT2D eigenvalue weighted by Crippen LogP contribution is 2.37. The standard InChI is InChI=1S/C20H24N4O4/c1-20(11-21)7-9-23(10-8-20)13-4-2-3-12-16(13)19(28)24(18(12)27)14-5-6-15(25)22-17(14)26/h2-4,14H,5-11,21H2,1H3,(H,22,25,26). The molecule has 3 aliphatic rings. The minimum Gasteiger partial charge on any atom is -0.371 e. The maximum atomic E-state index is 13.2. The summed E-state index contributed by atoms with van der Waals surface area (Å²) >= 11 is 0. The molecule has 3 heterocycles. The number of rotatable bonds is 3. The Labute approximate surface area is 163 Å². The smallest absolute Gasteiger partial charge is 0.264 e. The van der Waals surface area contributed by atoms with Gasteiger partial charge >= 0.3 is 0 Å². The number of benzene rings is 1. The van der Waals surface area contributed by atoms with Crippen molar-refractivity contribution in [1.29, 1.82) is 0 Å². The maximum absolute atomic E-state index is 13.2. The molecule has 3 N–H and O–H groups in total. The first-order chi connectivity index (χ1) is 13.3. The molecule has 0 saturated carbocycles. The molecule has 28 heavy (non-hydrogen) atoms. The molecule has 1 atom stereocenters. The Morgan fingerprint density at radius 3 is 2.50 bits per heavy atom. The third kappa shape index (κ3) is 2.88. The van der Waals surface area contributed by atoms with Crippen LogP contribution in [0.5, 0.6) is 0 Å². The van der Waals surface area contributed by atoms with E-state index in [9.17, 15) is 19.2 Å². The van der Waals surface area contributed by atoms with Crippen molar-refractivity contribution < 1.29 is 19.2 Å². The number of carbonyl (C=O) groups is 4. The van der Waals surface area contributed by atoms with E-state index in [2.05, 4.69) is 17.1 Å². The second kappa shape index (κ2) is 6.70. The van der Waals surface area contributed by atoms with E-state index < -0.39 is 23.8 Å². The van der Waals surface area contributed by atoms with Gasteiger partial charge < -0.3 is 10.6 Å². The van der Waals surface area contributed by atoms with Crippen LogP contribution in [0.25, 0.3) is 0 Å². The Morgan fingerprint density at radius 2 is 1.86 bits per heavy atom. The number of piperidine rings is 2. The van der Waals surface area contributed by atoms with Crippen molar-refractivity contribution >= 4 is 29.3 Å². The van der Waals surface area contributed by atoms with Crippen LogP contribution in [0, 0.1) is 5.41 Å². The van der Waals surface area contributed by atoms with Crippen molar-refractivity contribution in [3.63, 3.8) is 0 Å². The molecule has 3 aliphatic heterocycles. The average molecular weight is 384 g/mol. The van der Waals surface area contributed by atoms with Gasteiger partial charge in [0.15, 0.2) is 0 Å². The molecule has 1 unspecified atom stereocenters. The van der Waals surface area contributed by atoms with E-state index >= 15 is 0 Å². The summed E-state index contributed by atoms with van der Waals surface area (Å²) in [7, 11) is 0. The Hall–Kier alpha value is -2.74. The van der Waals surface area contributed by atoms with E-state index in [4.69, 9.17) is 5.73 Å². The summed E-state index contributed by atoms with van der Waals surface area (Å²) in [4.78, 5) is 52.9. The monoisotopic (exact) mass is 384 g/mol. The lowest BCUT2D eigenvalue weighted by Crippen LogP contribution is -2.54. The minimum atomic E-state index is -0.945. The zero-order chi connectivity index (χ0) is 20.1. The average Bonchev–Trinajstić information content (AvgIpc) is 2.94. The van der Waals surface area contributed by atoms with Gasteiger partial charge in [-0.15, -0.1) is 0 Å². The fourth-order valence-corrected chi connectivity index (χ4v) is 4.25. The van der Waals surface area contributed by atoms with Crippen LogP contribution in [0.4, 0.5) is 5.69 Å². The van der Waals surface area contributed by atoms with Crippen LogP contribution in [-0.4, -0.2) is 54.2 Å². The molecule has 1 aromatic carbocycles. The van der Waals surface area contributed by atoms with E-state index in [0.717, 1.165) is 36.5 Å². The third-order valence-electron chi connectivity index (χ3n) is 6.25. The summed E-state index contributed by atoms with van der Waals surface area (Å²) in [6.45, 7) is 4.29. The molecule has 4 rings (SSSR count). The first kappa shape index (κ1) is 18.6. The van der Waals surface area contributed by atoms with Crippen LogP contribution in [0.15, 0.2) is 18.2 Å². The van der Waals surface area contributed by atoms with Gasteiger partial charge in [-0.25, -0.2) is 0 Å². The van der Waals surface area contributed by atoms with E-state index in [1.165, 1.54) is 0 Å². The number of amides is 4. The number of carbonyl (C=O) groups excluding carboxylic acids is 4. The molecule has 8 heteroatoms. The number of anilines is 1. The van der Waals surface area contributed by atoms with Gasteiger partial charge in [-0.05, 0) is 43.4 Å². The van der Waals surface area contributed by atoms with Crippen molar-refractivity contribution in [2.75, 3.05) is 24.5 Å². The van der Waals surface area contributed by atoms with Crippen molar-refractivity contribution in [2.45, 2.75) is 38.6 Å². The highest BCUT2D eigenvalue weighted by molar-refractivity contribution is 6.25. The maximum Gasteiger partial charge on any atom is 0.264 e. The number of nitrogens with one attached hydrogen (secondary N) is 1. The Morgan fingerprint density at radius 1 is 1.14 bits per heavy atom. The van der Waals surface area contributed by atoms with Gasteiger partial charge in [-0.2, -0.15) is 0 Å². The van der Waals surface area contributed by atoms with Crippen LogP contribution in [0.3, 0.4) is 0 Å². The molecule has 0 radical (unpaired) electrons. The molecule has 148 valence electrons. The van der Waals surface area contributed by atoms with Crippen molar-refractivity contribution in [3.05, 3.63) is 29.3 Å². The van der Waals surface area contributed by atoms with Crippen LogP contribution >= 0.6 is 0 Å². The first-order valence-corrected chi connectivity index (χ1v) is 9.64. The summed E-state index contributed by atoms with van der Waals surface area (Å²) in [5, 5.41) is 2.22. The molecule has 0 spiro atoms. The fraction of sp³-hybridized carbons (Fsp3) is 0.500. The summed E-state index contributed by atoms with van der Waals surface area (Å²) < 4.78 is 0. The lowest BCUT2D eigenvalue weighted by molar-refractivity contribution is -0.136. The number of fused-ring (bicyclic) bond motifs is 1. The predicted octanol–water partition coefficient (Wildman–Crippen LogP) is 0.653. The van der Waals surface area contributed by atoms with Crippen LogP contribution in [0.2, 0.25) is 0 Å². The topological polar surface area (TPSA) is 113 Å². The number of nitrogens with two attached hydrogens (primary N) is 1. The second-order valence-electron chi connectivity index (χ2n) is 8.15. The minimum absolute atomic E-state index is 0.0903. The Bertz CT molecular complexity index is 873. The van der Waals surface area contributed by atoms with E-state index in [-0.39, 0.29) is 24.2 Å². The zero-order valence-corrected chi connectivity index (χ0v) is 15.9. The molecule has 8 nitrogen and oxygen atoms in total. The first-order valence-electron chi connectivity index (χ1n) is 9.64. The van der Waals surface area contributed by atoms with Gasteiger partial charge in [0.25, 0.3) is 11.8 Å². The van der Waals surface area contributed by atoms with E-state index in [1.54, 1.807) is 12.1 Å². The summed E-state index contributed by atoms with van der Waals surface area (Å²) in [5.41, 5.74) is 7.38. The lowest BCUT2D eigenvalue weighted by atomic mass is 9.80. The lowest BCUT2D eigenvalue weighted by Gasteiger charge is -2.40. The molecule has 1 aromatic rings. The molecule has 2 fully saturated rings. The summed E-state index contributed by atoms with van der Waals surface area (Å²) in [6, 6.07) is 4.30. The van der Waals surface area contributed by atoms with Gasteiger partial charge in [-0.3, -0.25) is 29.4 Å². The van der Waals surface area contributed by atoms with Gasteiger partial charge in [0.05, 0.1) is 16.8 Å². The van der Waals surface area contributed by atoms with Crippen molar-refractivity contribution in [3.8, 4) is 0 Å². The normalized spacial score (nSPS) is 24.4. The third-order valence-corrected chi connectivity index (χ3v) is 6.25. The van der Waals surface area contributed by atoms with E-state index in [0.29, 0.717) is 17.7 Å². The zero-order valence-electron chi connectivity index (χ0n) is 15.9. The van der Waals surface area contributed by atoms with Gasteiger partial charge in [0, 0.05) is 19.5 Å². The fourth-order valence-electron chi connectivity index (χ4n) is 4.25. The second-order valence-corrected chi connectivity index (χ2v) is 8.15. The molecule has 0 aromatic heterocycles. The highest BCUT2D eigenvalue weighted by atomic mass is 16.2. The van der Waals surface area contributed by atoms with E-state index in [1.807, 2.05) is 6.07 Å². The van der Waals surface area contributed by atoms with Gasteiger partial charge in [0.1, 0.15) is 6.04 Å². The quantitative estimate of drug-likeness (QED) is 0.740. The molecule has 0 aliphatic carbocycles. The van der Waals surface area contributed by atoms with Crippen LogP contribution in [0.1, 0.15) is 53.3 Å². The van der Waals surface area contributed by atoms with Gasteiger partial charge in [0.2, 0.25) is 11.8 Å². The summed E-state index contributed by atoms with van der Waals surface area (Å²) in [5.74, 6) is -1.91.